The van der Waals surface area contributed by atoms with Gasteiger partial charge in [0.05, 0.1) is 47.2 Å². The molecule has 5 rings (SSSR count). The summed E-state index contributed by atoms with van der Waals surface area (Å²) in [5.74, 6) is 0.504. The molecule has 0 aliphatic rings. The van der Waals surface area contributed by atoms with Gasteiger partial charge in [0.25, 0.3) is 6.43 Å². The van der Waals surface area contributed by atoms with Crippen molar-refractivity contribution in [1.29, 1.82) is 0 Å². The van der Waals surface area contributed by atoms with Crippen molar-refractivity contribution in [3.05, 3.63) is 55.3 Å². The Kier molecular flexibility index (Phi) is 5.42. The molecule has 0 fully saturated rings. The van der Waals surface area contributed by atoms with Crippen molar-refractivity contribution in [2.24, 2.45) is 0 Å². The summed E-state index contributed by atoms with van der Waals surface area (Å²) in [7, 11) is 0. The first-order chi connectivity index (χ1) is 16.1. The molecule has 0 amide bonds. The molecule has 0 bridgehead atoms. The predicted molar refractivity (Wildman–Crippen MR) is 115 cm³/mol. The van der Waals surface area contributed by atoms with E-state index in [-0.39, 0.29) is 0 Å². The van der Waals surface area contributed by atoms with Crippen LogP contribution in [0.2, 0.25) is 0 Å². The van der Waals surface area contributed by atoms with Gasteiger partial charge in [0, 0.05) is 18.5 Å². The molecule has 0 radical (unpaired) electrons. The van der Waals surface area contributed by atoms with Gasteiger partial charge in [-0.1, -0.05) is 18.6 Å². The van der Waals surface area contributed by atoms with Gasteiger partial charge in [0.2, 0.25) is 0 Å². The van der Waals surface area contributed by atoms with Crippen molar-refractivity contribution in [2.75, 3.05) is 5.32 Å². The molecular formula is C20H19F2N11. The van der Waals surface area contributed by atoms with Gasteiger partial charge in [0.15, 0.2) is 11.5 Å². The van der Waals surface area contributed by atoms with E-state index in [1.54, 1.807) is 34.0 Å². The second-order valence-electron chi connectivity index (χ2n) is 7.29. The van der Waals surface area contributed by atoms with Crippen molar-refractivity contribution in [3.8, 4) is 11.5 Å². The van der Waals surface area contributed by atoms with Crippen molar-refractivity contribution >= 4 is 22.4 Å². The van der Waals surface area contributed by atoms with Crippen molar-refractivity contribution in [3.63, 3.8) is 0 Å². The number of nitrogens with one attached hydrogen (secondary N) is 1. The van der Waals surface area contributed by atoms with Gasteiger partial charge < -0.3 is 5.32 Å². The van der Waals surface area contributed by atoms with E-state index in [1.807, 2.05) is 6.20 Å². The highest BCUT2D eigenvalue weighted by atomic mass is 19.3. The van der Waals surface area contributed by atoms with E-state index in [0.29, 0.717) is 28.5 Å². The number of alkyl halides is 2. The Morgan fingerprint density at radius 3 is 2.82 bits per heavy atom. The minimum atomic E-state index is -2.50. The molecule has 0 saturated heterocycles. The number of pyridine rings is 1. The fourth-order valence-electron chi connectivity index (χ4n) is 3.39. The molecule has 0 spiro atoms. The van der Waals surface area contributed by atoms with Gasteiger partial charge >= 0.3 is 0 Å². The number of nitrogens with zero attached hydrogens (tertiary/aromatic N) is 10. The minimum absolute atomic E-state index is 0.488. The molecule has 0 atom stereocenters. The lowest BCUT2D eigenvalue weighted by atomic mass is 10.3. The van der Waals surface area contributed by atoms with E-state index in [1.165, 1.54) is 23.4 Å². The van der Waals surface area contributed by atoms with Crippen LogP contribution in [0.5, 0.6) is 0 Å². The summed E-state index contributed by atoms with van der Waals surface area (Å²) >= 11 is 0. The molecule has 0 aliphatic carbocycles. The van der Waals surface area contributed by atoms with Crippen LogP contribution in [0.25, 0.3) is 22.5 Å². The Bertz CT molecular complexity index is 1390. The number of hydrogen-bond acceptors (Lipinski definition) is 8. The molecule has 0 unspecified atom stereocenters. The van der Waals surface area contributed by atoms with E-state index >= 15 is 0 Å². The first kappa shape index (κ1) is 20.6. The Hall–Kier alpha value is -4.29. The van der Waals surface area contributed by atoms with Crippen LogP contribution >= 0.6 is 0 Å². The highest BCUT2D eigenvalue weighted by Crippen LogP contribution is 2.26. The summed E-state index contributed by atoms with van der Waals surface area (Å²) in [6.45, 7) is 1.58. The van der Waals surface area contributed by atoms with Crippen LogP contribution in [-0.4, -0.2) is 55.9 Å². The summed E-state index contributed by atoms with van der Waals surface area (Å²) < 4.78 is 29.8. The maximum absolute atomic E-state index is 12.7. The Labute approximate surface area is 186 Å². The molecule has 5 aromatic heterocycles. The summed E-state index contributed by atoms with van der Waals surface area (Å²) in [5, 5.41) is 20.8. The number of fused-ring (bicyclic) bond motifs is 1. The Balaban J connectivity index is 1.56. The zero-order chi connectivity index (χ0) is 22.8. The van der Waals surface area contributed by atoms with E-state index in [0.717, 1.165) is 23.9 Å². The molecule has 0 aliphatic heterocycles. The molecule has 5 heterocycles. The third-order valence-electron chi connectivity index (χ3n) is 4.85. The minimum Gasteiger partial charge on any atom is -0.351 e. The van der Waals surface area contributed by atoms with Crippen LogP contribution in [0, 0.1) is 0 Å². The quantitative estimate of drug-likeness (QED) is 0.383. The highest BCUT2D eigenvalue weighted by molar-refractivity contribution is 5.76. The lowest BCUT2D eigenvalue weighted by Gasteiger charge is -2.12. The molecule has 11 nitrogen and oxygen atoms in total. The van der Waals surface area contributed by atoms with Crippen LogP contribution in [-0.2, 0) is 13.0 Å². The van der Waals surface area contributed by atoms with Gasteiger partial charge in [-0.05, 0) is 6.42 Å². The Morgan fingerprint density at radius 2 is 1.97 bits per heavy atom. The fourth-order valence-corrected chi connectivity index (χ4v) is 3.39. The van der Waals surface area contributed by atoms with E-state index in [4.69, 9.17) is 0 Å². The summed E-state index contributed by atoms with van der Waals surface area (Å²) in [4.78, 5) is 12.8. The van der Waals surface area contributed by atoms with Crippen LogP contribution < -0.4 is 5.32 Å². The average molecular weight is 451 g/mol. The zero-order valence-corrected chi connectivity index (χ0v) is 17.5. The second-order valence-corrected chi connectivity index (χ2v) is 7.29. The number of anilines is 2. The van der Waals surface area contributed by atoms with Crippen LogP contribution in [0.1, 0.15) is 19.0 Å². The Morgan fingerprint density at radius 1 is 1.06 bits per heavy atom. The monoisotopic (exact) mass is 451 g/mol. The first-order valence-electron chi connectivity index (χ1n) is 10.2. The number of aryl methyl sites for hydroxylation is 1. The van der Waals surface area contributed by atoms with Gasteiger partial charge in [-0.2, -0.15) is 14.9 Å². The lowest BCUT2D eigenvalue weighted by molar-refractivity contribution is 0.122. The molecule has 1 N–H and O–H groups in total. The van der Waals surface area contributed by atoms with E-state index in [2.05, 4.69) is 47.7 Å². The van der Waals surface area contributed by atoms with Gasteiger partial charge in [-0.3, -0.25) is 4.68 Å². The van der Waals surface area contributed by atoms with Crippen molar-refractivity contribution < 1.29 is 8.78 Å². The molecule has 0 saturated carbocycles. The normalized spacial score (nSPS) is 11.5. The third-order valence-corrected chi connectivity index (χ3v) is 4.85. The fraction of sp³-hybridized carbons (Fsp3) is 0.250. The summed E-state index contributed by atoms with van der Waals surface area (Å²) in [5.41, 5.74) is 3.23. The molecule has 0 aromatic carbocycles. The highest BCUT2D eigenvalue weighted by Gasteiger charge is 2.15. The number of halogens is 2. The number of aromatic nitrogens is 10. The zero-order valence-electron chi connectivity index (χ0n) is 17.5. The SMILES string of the molecule is CCCc1cn(-c2cnc(-n3ncc4cncnc43)cc2Nc2cnn(CC(F)F)c2)nn1. The lowest BCUT2D eigenvalue weighted by Crippen LogP contribution is -2.07. The molecular weight excluding hydrogens is 432 g/mol. The molecule has 168 valence electrons. The summed E-state index contributed by atoms with van der Waals surface area (Å²) in [6, 6.07) is 1.77. The van der Waals surface area contributed by atoms with Crippen molar-refractivity contribution in [2.45, 2.75) is 32.7 Å². The second kappa shape index (κ2) is 8.68. The number of rotatable bonds is 8. The van der Waals surface area contributed by atoms with Crippen LogP contribution in [0.3, 0.4) is 0 Å². The molecule has 13 heteroatoms. The summed E-state index contributed by atoms with van der Waals surface area (Å²) in [6.07, 6.45) is 10.5. The molecule has 5 aromatic rings. The average Bonchev–Trinajstić information content (AvgIpc) is 3.54. The topological polar surface area (TPSA) is 117 Å². The van der Waals surface area contributed by atoms with Crippen LogP contribution in [0.4, 0.5) is 20.2 Å². The standard InChI is InChI=1S/C20H19F2N11/c1-2-3-14-10-32(30-29-14)17-8-24-19(33-20-13(6-27-33)5-23-12-25-20)4-16(17)28-15-7-26-31(9-15)11-18(21)22/h4-10,12,18H,2-3,11H2,1H3,(H,24,28). The maximum atomic E-state index is 12.7. The van der Waals surface area contributed by atoms with Crippen molar-refractivity contribution in [1.82, 2.24) is 49.5 Å². The van der Waals surface area contributed by atoms with Crippen LogP contribution in [0.15, 0.2) is 49.6 Å². The smallest absolute Gasteiger partial charge is 0.257 e. The van der Waals surface area contributed by atoms with Gasteiger partial charge in [-0.15, -0.1) is 5.10 Å². The maximum Gasteiger partial charge on any atom is 0.257 e. The van der Waals surface area contributed by atoms with Gasteiger partial charge in [0.1, 0.15) is 18.6 Å². The first-order valence-corrected chi connectivity index (χ1v) is 10.2. The third kappa shape index (κ3) is 4.24. The largest absolute Gasteiger partial charge is 0.351 e. The predicted octanol–water partition coefficient (Wildman–Crippen LogP) is 2.95. The van der Waals surface area contributed by atoms with Gasteiger partial charge in [-0.25, -0.2) is 28.4 Å². The number of hydrogen-bond donors (Lipinski definition) is 1. The van der Waals surface area contributed by atoms with E-state index < -0.39 is 13.0 Å². The van der Waals surface area contributed by atoms with E-state index in [9.17, 15) is 8.78 Å². The molecule has 33 heavy (non-hydrogen) atoms.